The minimum atomic E-state index is 0.187. The van der Waals surface area contributed by atoms with Gasteiger partial charge in [0.1, 0.15) is 12.0 Å². The van der Waals surface area contributed by atoms with Crippen molar-refractivity contribution in [2.75, 3.05) is 0 Å². The highest BCUT2D eigenvalue weighted by Gasteiger charge is 2.03. The molecule has 0 saturated carbocycles. The minimum absolute atomic E-state index is 0.187. The zero-order valence-corrected chi connectivity index (χ0v) is 8.78. The first-order valence-corrected chi connectivity index (χ1v) is 4.88. The summed E-state index contributed by atoms with van der Waals surface area (Å²) >= 11 is 3.38. The Bertz CT molecular complexity index is 506. The van der Waals surface area contributed by atoms with Crippen LogP contribution in [0.1, 0.15) is 10.4 Å². The molecule has 0 heterocycles. The molecule has 0 radical (unpaired) electrons. The van der Waals surface area contributed by atoms with Crippen LogP contribution in [-0.2, 0) is 0 Å². The van der Waals surface area contributed by atoms with Crippen molar-refractivity contribution < 1.29 is 9.90 Å². The van der Waals surface area contributed by atoms with Crippen molar-refractivity contribution in [2.45, 2.75) is 0 Å². The van der Waals surface area contributed by atoms with Gasteiger partial charge in [-0.3, -0.25) is 4.79 Å². The number of phenols is 1. The van der Waals surface area contributed by atoms with Crippen molar-refractivity contribution in [3.8, 4) is 5.75 Å². The molecule has 0 amide bonds. The smallest absolute Gasteiger partial charge is 0.150 e. The fourth-order valence-corrected chi connectivity index (χ4v) is 1.86. The molecule has 3 heteroatoms. The first-order chi connectivity index (χ1) is 6.72. The number of hydrogen-bond donors (Lipinski definition) is 1. The molecule has 0 aromatic heterocycles. The first kappa shape index (κ1) is 9.21. The van der Waals surface area contributed by atoms with Gasteiger partial charge in [-0.15, -0.1) is 0 Å². The molecule has 0 bridgehead atoms. The predicted molar refractivity (Wildman–Crippen MR) is 58.7 cm³/mol. The van der Waals surface area contributed by atoms with E-state index in [0.717, 1.165) is 16.1 Å². The van der Waals surface area contributed by atoms with Gasteiger partial charge in [-0.05, 0) is 23.6 Å². The fourth-order valence-electron chi connectivity index (χ4n) is 1.39. The van der Waals surface area contributed by atoms with Gasteiger partial charge in [0.15, 0.2) is 0 Å². The van der Waals surface area contributed by atoms with E-state index in [9.17, 15) is 9.90 Å². The van der Waals surface area contributed by atoms with E-state index in [0.29, 0.717) is 10.9 Å². The average molecular weight is 251 g/mol. The number of aromatic hydroxyl groups is 1. The molecule has 2 nitrogen and oxygen atoms in total. The van der Waals surface area contributed by atoms with Crippen LogP contribution < -0.4 is 0 Å². The summed E-state index contributed by atoms with van der Waals surface area (Å²) in [5.74, 6) is 0.187. The standard InChI is InChI=1S/C11H7BrO2/c12-10-3-4-11(14)9-5-7(6-13)1-2-8(9)10/h1-6,14H. The predicted octanol–water partition coefficient (Wildman–Crippen LogP) is 3.12. The van der Waals surface area contributed by atoms with Crippen molar-refractivity contribution in [3.05, 3.63) is 40.4 Å². The molecule has 0 spiro atoms. The lowest BCUT2D eigenvalue weighted by atomic mass is 10.1. The van der Waals surface area contributed by atoms with E-state index in [2.05, 4.69) is 15.9 Å². The molecule has 0 atom stereocenters. The number of fused-ring (bicyclic) bond motifs is 1. The third-order valence-corrected chi connectivity index (χ3v) is 2.79. The number of carbonyl (C=O) groups is 1. The van der Waals surface area contributed by atoms with Gasteiger partial charge in [-0.25, -0.2) is 0 Å². The van der Waals surface area contributed by atoms with Crippen LogP contribution in [0, 0.1) is 0 Å². The van der Waals surface area contributed by atoms with E-state index < -0.39 is 0 Å². The van der Waals surface area contributed by atoms with Gasteiger partial charge < -0.3 is 5.11 Å². The van der Waals surface area contributed by atoms with Gasteiger partial charge >= 0.3 is 0 Å². The molecule has 70 valence electrons. The maximum Gasteiger partial charge on any atom is 0.150 e. The van der Waals surface area contributed by atoms with Crippen molar-refractivity contribution >= 4 is 33.0 Å². The molecule has 0 saturated heterocycles. The second-order valence-electron chi connectivity index (χ2n) is 2.99. The molecule has 0 fully saturated rings. The molecular weight excluding hydrogens is 244 g/mol. The number of benzene rings is 2. The van der Waals surface area contributed by atoms with Crippen LogP contribution in [0.3, 0.4) is 0 Å². The van der Waals surface area contributed by atoms with Gasteiger partial charge in [0.05, 0.1) is 0 Å². The van der Waals surface area contributed by atoms with E-state index in [-0.39, 0.29) is 5.75 Å². The Morgan fingerprint density at radius 2 is 1.93 bits per heavy atom. The Morgan fingerprint density at radius 1 is 1.14 bits per heavy atom. The number of carbonyl (C=O) groups excluding carboxylic acids is 1. The van der Waals surface area contributed by atoms with Crippen molar-refractivity contribution in [1.29, 1.82) is 0 Å². The topological polar surface area (TPSA) is 37.3 Å². The average Bonchev–Trinajstić information content (AvgIpc) is 2.23. The van der Waals surface area contributed by atoms with Gasteiger partial charge in [0.25, 0.3) is 0 Å². The Balaban J connectivity index is 2.86. The lowest BCUT2D eigenvalue weighted by Crippen LogP contribution is -1.81. The highest BCUT2D eigenvalue weighted by Crippen LogP contribution is 2.31. The molecular formula is C11H7BrO2. The van der Waals surface area contributed by atoms with E-state index >= 15 is 0 Å². The maximum absolute atomic E-state index is 10.6. The molecule has 2 aromatic rings. The Hall–Kier alpha value is -1.35. The molecule has 14 heavy (non-hydrogen) atoms. The molecule has 2 rings (SSSR count). The third-order valence-electron chi connectivity index (χ3n) is 2.10. The summed E-state index contributed by atoms with van der Waals surface area (Å²) in [6.45, 7) is 0. The summed E-state index contributed by atoms with van der Waals surface area (Å²) in [6.07, 6.45) is 0.764. The number of rotatable bonds is 1. The Kier molecular flexibility index (Phi) is 2.25. The van der Waals surface area contributed by atoms with Gasteiger partial charge in [-0.2, -0.15) is 0 Å². The van der Waals surface area contributed by atoms with Crippen molar-refractivity contribution in [2.24, 2.45) is 0 Å². The quantitative estimate of drug-likeness (QED) is 0.790. The zero-order valence-electron chi connectivity index (χ0n) is 7.20. The largest absolute Gasteiger partial charge is 0.507 e. The van der Waals surface area contributed by atoms with Crippen LogP contribution in [0.5, 0.6) is 5.75 Å². The van der Waals surface area contributed by atoms with Crippen molar-refractivity contribution in [1.82, 2.24) is 0 Å². The number of hydrogen-bond acceptors (Lipinski definition) is 2. The van der Waals surface area contributed by atoms with Crippen LogP contribution >= 0.6 is 15.9 Å². The summed E-state index contributed by atoms with van der Waals surface area (Å²) in [5, 5.41) is 11.2. The molecule has 0 unspecified atom stereocenters. The molecule has 0 aliphatic carbocycles. The highest BCUT2D eigenvalue weighted by atomic mass is 79.9. The van der Waals surface area contributed by atoms with Crippen LogP contribution in [0.25, 0.3) is 10.8 Å². The van der Waals surface area contributed by atoms with Crippen LogP contribution in [-0.4, -0.2) is 11.4 Å². The van der Waals surface area contributed by atoms with Crippen molar-refractivity contribution in [3.63, 3.8) is 0 Å². The van der Waals surface area contributed by atoms with E-state index in [1.165, 1.54) is 0 Å². The molecule has 2 aromatic carbocycles. The van der Waals surface area contributed by atoms with E-state index in [1.54, 1.807) is 24.3 Å². The van der Waals surface area contributed by atoms with Crippen LogP contribution in [0.4, 0.5) is 0 Å². The maximum atomic E-state index is 10.6. The van der Waals surface area contributed by atoms with Gasteiger partial charge in [-0.1, -0.05) is 28.1 Å². The highest BCUT2D eigenvalue weighted by molar-refractivity contribution is 9.10. The monoisotopic (exact) mass is 250 g/mol. The summed E-state index contributed by atoms with van der Waals surface area (Å²) in [4.78, 5) is 10.6. The van der Waals surface area contributed by atoms with Gasteiger partial charge in [0, 0.05) is 15.4 Å². The summed E-state index contributed by atoms with van der Waals surface area (Å²) < 4.78 is 0.905. The molecule has 0 aliphatic heterocycles. The third kappa shape index (κ3) is 1.40. The minimum Gasteiger partial charge on any atom is -0.507 e. The summed E-state index contributed by atoms with van der Waals surface area (Å²) in [5.41, 5.74) is 0.561. The van der Waals surface area contributed by atoms with Crippen LogP contribution in [0.15, 0.2) is 34.8 Å². The normalized spacial score (nSPS) is 10.4. The molecule has 0 aliphatic rings. The second-order valence-corrected chi connectivity index (χ2v) is 3.84. The lowest BCUT2D eigenvalue weighted by molar-refractivity contribution is 0.112. The SMILES string of the molecule is O=Cc1ccc2c(Br)ccc(O)c2c1. The Morgan fingerprint density at radius 3 is 2.64 bits per heavy atom. The second kappa shape index (κ2) is 3.42. The summed E-state index contributed by atoms with van der Waals surface area (Å²) in [6, 6.07) is 8.57. The van der Waals surface area contributed by atoms with E-state index in [4.69, 9.17) is 0 Å². The summed E-state index contributed by atoms with van der Waals surface area (Å²) in [7, 11) is 0. The van der Waals surface area contributed by atoms with Crippen LogP contribution in [0.2, 0.25) is 0 Å². The zero-order chi connectivity index (χ0) is 10.1. The number of aldehydes is 1. The number of phenolic OH excluding ortho intramolecular Hbond substituents is 1. The van der Waals surface area contributed by atoms with E-state index in [1.807, 2.05) is 6.07 Å². The van der Waals surface area contributed by atoms with Gasteiger partial charge in [0.2, 0.25) is 0 Å². The lowest BCUT2D eigenvalue weighted by Gasteiger charge is -2.03. The fraction of sp³-hybridized carbons (Fsp3) is 0. The Labute approximate surface area is 89.3 Å². The first-order valence-electron chi connectivity index (χ1n) is 4.09. The number of halogens is 1. The molecule has 1 N–H and O–H groups in total.